The Labute approximate surface area is 200 Å². The van der Waals surface area contributed by atoms with Gasteiger partial charge in [-0.05, 0) is 64.8 Å². The molecule has 3 rings (SSSR count). The number of hydrogen-bond donors (Lipinski definition) is 0. The molecule has 0 radical (unpaired) electrons. The molecule has 0 aliphatic carbocycles. The topological polar surface area (TPSA) is 25.3 Å². The molecule has 0 atom stereocenters. The third-order valence-corrected chi connectivity index (χ3v) is 4.87. The zero-order valence-electron chi connectivity index (χ0n) is 20.3. The average Bonchev–Trinajstić information content (AvgIpc) is 3.04. The van der Waals surface area contributed by atoms with Gasteiger partial charge < -0.3 is 19.4 Å². The SMILES string of the molecule is CCCCC1=C(c2cc(C)cc(C)c2)[N+](=[N-])C(c2cc(C)cc(C)c2)=C1.[CH2-]C.[CH2-]C.[Ni+2]. The van der Waals surface area contributed by atoms with Crippen LogP contribution in [0.15, 0.2) is 48.0 Å². The number of unbranched alkanes of at least 4 members (excludes halogenated alkanes) is 1. The second kappa shape index (κ2) is 14.1. The first-order valence-corrected chi connectivity index (χ1v) is 10.9. The first-order valence-electron chi connectivity index (χ1n) is 10.9. The molecule has 0 amide bonds. The van der Waals surface area contributed by atoms with Crippen LogP contribution in [-0.2, 0) is 16.5 Å². The van der Waals surface area contributed by atoms with Crippen molar-refractivity contribution in [3.05, 3.63) is 101 Å². The van der Waals surface area contributed by atoms with Crippen molar-refractivity contribution in [3.63, 3.8) is 0 Å². The van der Waals surface area contributed by atoms with E-state index in [0.717, 1.165) is 41.8 Å². The van der Waals surface area contributed by atoms with E-state index in [1.165, 1.54) is 32.5 Å². The van der Waals surface area contributed by atoms with Gasteiger partial charge in [0.1, 0.15) is 0 Å². The van der Waals surface area contributed by atoms with Crippen LogP contribution in [0, 0.1) is 41.5 Å². The van der Waals surface area contributed by atoms with E-state index in [9.17, 15) is 5.53 Å². The number of nitrogens with zero attached hydrogens (tertiary/aromatic N) is 2. The fraction of sp³-hybridized carbons (Fsp3) is 0.357. The molecule has 0 bridgehead atoms. The molecule has 31 heavy (non-hydrogen) atoms. The molecule has 170 valence electrons. The zero-order chi connectivity index (χ0) is 22.8. The average molecular weight is 461 g/mol. The van der Waals surface area contributed by atoms with E-state index in [1.54, 1.807) is 13.8 Å². The van der Waals surface area contributed by atoms with Crippen LogP contribution in [0.2, 0.25) is 0 Å². The summed E-state index contributed by atoms with van der Waals surface area (Å²) in [7, 11) is 0. The molecule has 1 aliphatic rings. The largest absolute Gasteiger partial charge is 2.00 e. The van der Waals surface area contributed by atoms with E-state index in [0.29, 0.717) is 0 Å². The van der Waals surface area contributed by atoms with Gasteiger partial charge in [0.05, 0.1) is 0 Å². The Kier molecular flexibility index (Phi) is 13.2. The third-order valence-electron chi connectivity index (χ3n) is 4.87. The van der Waals surface area contributed by atoms with E-state index in [1.807, 2.05) is 0 Å². The van der Waals surface area contributed by atoms with Gasteiger partial charge in [-0.1, -0.05) is 47.7 Å². The van der Waals surface area contributed by atoms with Crippen LogP contribution in [0.4, 0.5) is 0 Å². The molecule has 2 aromatic rings. The Morgan fingerprint density at radius 1 is 0.742 bits per heavy atom. The second-order valence-corrected chi connectivity index (χ2v) is 7.57. The predicted molar refractivity (Wildman–Crippen MR) is 132 cm³/mol. The van der Waals surface area contributed by atoms with Gasteiger partial charge in [0.2, 0.25) is 11.4 Å². The zero-order valence-corrected chi connectivity index (χ0v) is 21.3. The minimum absolute atomic E-state index is 0. The van der Waals surface area contributed by atoms with E-state index in [-0.39, 0.29) is 16.5 Å². The van der Waals surface area contributed by atoms with E-state index >= 15 is 0 Å². The molecule has 0 saturated heterocycles. The molecule has 0 N–H and O–H groups in total. The van der Waals surface area contributed by atoms with Crippen LogP contribution in [0.1, 0.15) is 73.4 Å². The summed E-state index contributed by atoms with van der Waals surface area (Å²) < 4.78 is 1.40. The Morgan fingerprint density at radius 2 is 1.16 bits per heavy atom. The third kappa shape index (κ3) is 7.58. The first kappa shape index (κ1) is 29.0. The van der Waals surface area contributed by atoms with Crippen LogP contribution < -0.4 is 0 Å². The molecule has 1 aliphatic heterocycles. The summed E-state index contributed by atoms with van der Waals surface area (Å²) in [4.78, 5) is 0. The van der Waals surface area contributed by atoms with Crippen LogP contribution in [-0.4, -0.2) is 4.70 Å². The van der Waals surface area contributed by atoms with Crippen molar-refractivity contribution in [3.8, 4) is 0 Å². The molecule has 1 heterocycles. The van der Waals surface area contributed by atoms with Gasteiger partial charge in [-0.3, -0.25) is 0 Å². The second-order valence-electron chi connectivity index (χ2n) is 7.57. The molecule has 0 fully saturated rings. The van der Waals surface area contributed by atoms with Gasteiger partial charge in [0.15, 0.2) is 0 Å². The Morgan fingerprint density at radius 3 is 1.58 bits per heavy atom. The summed E-state index contributed by atoms with van der Waals surface area (Å²) in [6.07, 6.45) is 5.40. The number of rotatable bonds is 5. The van der Waals surface area contributed by atoms with Crippen molar-refractivity contribution in [1.29, 1.82) is 0 Å². The molecule has 2 aromatic carbocycles. The first-order chi connectivity index (χ1) is 14.4. The van der Waals surface area contributed by atoms with Crippen molar-refractivity contribution in [2.45, 2.75) is 67.7 Å². The molecule has 2 nitrogen and oxygen atoms in total. The van der Waals surface area contributed by atoms with Gasteiger partial charge in [-0.2, -0.15) is 13.8 Å². The summed E-state index contributed by atoms with van der Waals surface area (Å²) in [5.41, 5.74) is 21.1. The summed E-state index contributed by atoms with van der Waals surface area (Å²) in [6, 6.07) is 12.9. The van der Waals surface area contributed by atoms with E-state index < -0.39 is 0 Å². The summed E-state index contributed by atoms with van der Waals surface area (Å²) in [5.74, 6) is 0. The van der Waals surface area contributed by atoms with Crippen molar-refractivity contribution in [2.75, 3.05) is 0 Å². The van der Waals surface area contributed by atoms with Gasteiger partial charge in [-0.15, -0.1) is 0 Å². The van der Waals surface area contributed by atoms with Crippen molar-refractivity contribution < 1.29 is 21.2 Å². The summed E-state index contributed by atoms with van der Waals surface area (Å²) in [5, 5.41) is 0. The fourth-order valence-corrected chi connectivity index (χ4v) is 3.86. The van der Waals surface area contributed by atoms with Gasteiger partial charge in [-0.25, -0.2) is 4.70 Å². The van der Waals surface area contributed by atoms with Crippen LogP contribution in [0.25, 0.3) is 16.9 Å². The minimum Gasteiger partial charge on any atom is -0.493 e. The van der Waals surface area contributed by atoms with Gasteiger partial charge in [0.25, 0.3) is 0 Å². The molecule has 0 saturated carbocycles. The smallest absolute Gasteiger partial charge is 0.493 e. The molecule has 3 heteroatoms. The number of aryl methyl sites for hydroxylation is 4. The van der Waals surface area contributed by atoms with E-state index in [2.05, 4.69) is 90.9 Å². The van der Waals surface area contributed by atoms with Gasteiger partial charge in [0, 0.05) is 22.8 Å². The number of benzene rings is 2. The Hall–Kier alpha value is -1.99. The molecular formula is C28H38N2Ni. The van der Waals surface area contributed by atoms with Crippen LogP contribution in [0.3, 0.4) is 0 Å². The predicted octanol–water partition coefficient (Wildman–Crippen LogP) is 8.59. The quantitative estimate of drug-likeness (QED) is 0.242. The standard InChI is InChI=1S/C24H28N2.2C2H5.Ni/c1-6-7-8-20-15-23(21-11-16(2)9-17(3)12-21)26(25)24(20)22-13-18(4)10-19(5)14-22;2*1-2;/h9-15H,6-8H2,1-5H3;2*1H2,2H3;/q;2*-1;+2. The van der Waals surface area contributed by atoms with E-state index in [4.69, 9.17) is 0 Å². The maximum absolute atomic E-state index is 11.1. The molecule has 0 unspecified atom stereocenters. The normalized spacial score (nSPS) is 12.3. The Balaban J connectivity index is 0.00000170. The molecule has 0 spiro atoms. The van der Waals surface area contributed by atoms with Crippen molar-refractivity contribution in [2.24, 2.45) is 0 Å². The maximum Gasteiger partial charge on any atom is 2.00 e. The summed E-state index contributed by atoms with van der Waals surface area (Å²) >= 11 is 0. The van der Waals surface area contributed by atoms with Gasteiger partial charge >= 0.3 is 16.5 Å². The van der Waals surface area contributed by atoms with Crippen molar-refractivity contribution >= 4 is 11.4 Å². The molecule has 0 aromatic heterocycles. The minimum atomic E-state index is 0. The maximum atomic E-state index is 11.1. The molecular weight excluding hydrogens is 423 g/mol. The monoisotopic (exact) mass is 460 g/mol. The van der Waals surface area contributed by atoms with Crippen LogP contribution in [0.5, 0.6) is 0 Å². The fourth-order valence-electron chi connectivity index (χ4n) is 3.86. The van der Waals surface area contributed by atoms with Crippen LogP contribution >= 0.6 is 0 Å². The number of hydrogen-bond acceptors (Lipinski definition) is 0. The van der Waals surface area contributed by atoms with Crippen molar-refractivity contribution in [1.82, 2.24) is 0 Å². The number of allylic oxidation sites excluding steroid dienone is 2. The Bertz CT molecular complexity index is 896. The summed E-state index contributed by atoms with van der Waals surface area (Å²) in [6.45, 7) is 20.6.